The van der Waals surface area contributed by atoms with Crippen LogP contribution >= 0.6 is 0 Å². The molecule has 39 heavy (non-hydrogen) atoms. The van der Waals surface area contributed by atoms with Crippen LogP contribution in [0, 0.1) is 11.8 Å². The Hall–Kier alpha value is -3.46. The summed E-state index contributed by atoms with van der Waals surface area (Å²) in [5, 5.41) is 5.90. The topological polar surface area (TPSA) is 122 Å². The van der Waals surface area contributed by atoms with Gasteiger partial charge >= 0.3 is 0 Å². The fourth-order valence-corrected chi connectivity index (χ4v) is 5.97. The number of nitrogens with zero attached hydrogens (tertiary/aromatic N) is 3. The van der Waals surface area contributed by atoms with Crippen LogP contribution in [0.3, 0.4) is 0 Å². The number of aliphatic imine (C=N–C) groups is 1. The summed E-state index contributed by atoms with van der Waals surface area (Å²) >= 11 is 0. The number of nitrogens with one attached hydrogen (secondary N) is 2. The average Bonchev–Trinajstić information content (AvgIpc) is 3.41. The molecule has 9 nitrogen and oxygen atoms in total. The Bertz CT molecular complexity index is 1100. The highest BCUT2D eigenvalue weighted by molar-refractivity contribution is 5.84. The van der Waals surface area contributed by atoms with Gasteiger partial charge in [-0.25, -0.2) is 0 Å². The molecule has 4 rings (SSSR count). The second kappa shape index (κ2) is 14.1. The number of amides is 2. The van der Waals surface area contributed by atoms with E-state index in [4.69, 9.17) is 15.5 Å². The van der Waals surface area contributed by atoms with E-state index in [1.54, 1.807) is 32.9 Å². The van der Waals surface area contributed by atoms with E-state index in [0.717, 1.165) is 17.5 Å². The molecule has 2 fully saturated rings. The molecule has 4 atom stereocenters. The van der Waals surface area contributed by atoms with Crippen LogP contribution in [-0.2, 0) is 16.0 Å². The number of rotatable bonds is 11. The van der Waals surface area contributed by atoms with E-state index in [1.165, 1.54) is 32.1 Å². The zero-order chi connectivity index (χ0) is 27.6. The molecule has 4 N–H and O–H groups in total. The summed E-state index contributed by atoms with van der Waals surface area (Å²) < 4.78 is 5.46. The summed E-state index contributed by atoms with van der Waals surface area (Å²) in [5.41, 5.74) is 8.32. The van der Waals surface area contributed by atoms with Crippen LogP contribution in [0.25, 0.3) is 0 Å². The first-order valence-electron chi connectivity index (χ1n) is 14.1. The van der Waals surface area contributed by atoms with Gasteiger partial charge in [0.15, 0.2) is 0 Å². The monoisotopic (exact) mass is 534 g/mol. The molecule has 1 aliphatic heterocycles. The molecule has 2 heterocycles. The number of hydrogen-bond acceptors (Lipinski definition) is 6. The number of benzene rings is 1. The van der Waals surface area contributed by atoms with Gasteiger partial charge in [0.25, 0.3) is 0 Å². The zero-order valence-corrected chi connectivity index (χ0v) is 23.1. The molecule has 9 heteroatoms. The molecular weight excluding hydrogens is 492 g/mol. The van der Waals surface area contributed by atoms with Crippen LogP contribution in [0.1, 0.15) is 62.1 Å². The molecule has 2 amide bonds. The highest BCUT2D eigenvalue weighted by Crippen LogP contribution is 2.38. The van der Waals surface area contributed by atoms with Crippen molar-refractivity contribution in [3.63, 3.8) is 0 Å². The van der Waals surface area contributed by atoms with Crippen molar-refractivity contribution in [2.75, 3.05) is 20.7 Å². The molecule has 0 bridgehead atoms. The zero-order valence-electron chi connectivity index (χ0n) is 23.1. The minimum atomic E-state index is -0.486. The van der Waals surface area contributed by atoms with Gasteiger partial charge in [-0.3, -0.25) is 19.6 Å². The van der Waals surface area contributed by atoms with Crippen LogP contribution in [0.5, 0.6) is 5.75 Å². The van der Waals surface area contributed by atoms with Crippen molar-refractivity contribution in [3.8, 4) is 5.75 Å². The summed E-state index contributed by atoms with van der Waals surface area (Å²) in [6, 6.07) is 10.4. The van der Waals surface area contributed by atoms with E-state index >= 15 is 0 Å². The molecule has 0 spiro atoms. The lowest BCUT2D eigenvalue weighted by molar-refractivity contribution is -0.132. The first-order valence-corrected chi connectivity index (χ1v) is 14.1. The van der Waals surface area contributed by atoms with Gasteiger partial charge in [-0.05, 0) is 42.0 Å². The molecule has 0 radical (unpaired) electrons. The summed E-state index contributed by atoms with van der Waals surface area (Å²) in [4.78, 5) is 36.9. The number of methoxy groups -OCH3 is 1. The number of para-hydroxylation sites is 1. The Morgan fingerprint density at radius 1 is 1.15 bits per heavy atom. The molecule has 1 aliphatic carbocycles. The van der Waals surface area contributed by atoms with Gasteiger partial charge in [-0.15, -0.1) is 0 Å². The lowest BCUT2D eigenvalue weighted by Gasteiger charge is -2.27. The first-order chi connectivity index (χ1) is 19.0. The Morgan fingerprint density at radius 3 is 2.62 bits per heavy atom. The molecule has 1 aromatic carbocycles. The minimum absolute atomic E-state index is 0.00602. The highest BCUT2D eigenvalue weighted by atomic mass is 16.5. The number of aromatic nitrogens is 1. The number of likely N-dealkylation sites (N-methyl/N-ethyl adjacent to an activating group) is 1. The Balaban J connectivity index is 1.46. The highest BCUT2D eigenvalue weighted by Gasteiger charge is 2.39. The van der Waals surface area contributed by atoms with Crippen molar-refractivity contribution in [3.05, 3.63) is 59.9 Å². The van der Waals surface area contributed by atoms with E-state index in [2.05, 4.69) is 15.6 Å². The second-order valence-corrected chi connectivity index (χ2v) is 10.6. The SMILES string of the molecule is CNC(=O)[C@H](Cc1ccncc1)N/C=N\C1CC(C2CCCCC2)CN1C(=O)CC(N)c1ccccc1OC. The van der Waals surface area contributed by atoms with E-state index in [9.17, 15) is 9.59 Å². The van der Waals surface area contributed by atoms with E-state index in [-0.39, 0.29) is 24.4 Å². The van der Waals surface area contributed by atoms with Crippen LogP contribution in [0.4, 0.5) is 0 Å². The molecule has 210 valence electrons. The summed E-state index contributed by atoms with van der Waals surface area (Å²) in [7, 11) is 3.24. The summed E-state index contributed by atoms with van der Waals surface area (Å²) in [5.74, 6) is 1.60. The van der Waals surface area contributed by atoms with Gasteiger partial charge < -0.3 is 26.0 Å². The smallest absolute Gasteiger partial charge is 0.242 e. The quantitative estimate of drug-likeness (QED) is 0.301. The maximum atomic E-state index is 13.6. The largest absolute Gasteiger partial charge is 0.496 e. The number of carbonyl (C=O) groups excluding carboxylic acids is 2. The van der Waals surface area contributed by atoms with Crippen molar-refractivity contribution in [1.82, 2.24) is 20.5 Å². The first kappa shape index (κ1) is 28.5. The maximum absolute atomic E-state index is 13.6. The van der Waals surface area contributed by atoms with Gasteiger partial charge in [0.2, 0.25) is 11.8 Å². The molecule has 1 saturated heterocycles. The maximum Gasteiger partial charge on any atom is 0.242 e. The predicted octanol–water partition coefficient (Wildman–Crippen LogP) is 3.21. The van der Waals surface area contributed by atoms with E-state index < -0.39 is 12.1 Å². The number of pyridine rings is 1. The number of nitrogens with two attached hydrogens (primary N) is 1. The van der Waals surface area contributed by atoms with Crippen molar-refractivity contribution in [2.24, 2.45) is 22.6 Å². The Kier molecular flexibility index (Phi) is 10.3. The number of ether oxygens (including phenoxy) is 1. The minimum Gasteiger partial charge on any atom is -0.496 e. The van der Waals surface area contributed by atoms with Gasteiger partial charge in [0.05, 0.1) is 13.4 Å². The average molecular weight is 535 g/mol. The van der Waals surface area contributed by atoms with Crippen molar-refractivity contribution < 1.29 is 14.3 Å². The summed E-state index contributed by atoms with van der Waals surface area (Å²) in [6.45, 7) is 0.694. The van der Waals surface area contributed by atoms with Crippen LogP contribution in [-0.4, -0.2) is 60.9 Å². The van der Waals surface area contributed by atoms with Crippen molar-refractivity contribution >= 4 is 18.2 Å². The normalized spacial score (nSPS) is 21.5. The molecule has 3 unspecified atom stereocenters. The van der Waals surface area contributed by atoms with Crippen molar-refractivity contribution in [2.45, 2.75) is 69.6 Å². The lowest BCUT2D eigenvalue weighted by Crippen LogP contribution is -2.44. The standard InChI is InChI=1S/C30H42N6O3/c1-32-30(38)26(16-21-12-14-33-15-13-21)34-20-35-28-17-23(22-8-4-3-5-9-22)19-36(28)29(37)18-25(31)24-10-6-7-11-27(24)39-2/h6-7,10-15,20,22-23,25-26,28H,3-5,8-9,16-19,31H2,1-2H3,(H,32,38)(H,34,35)/t23?,25?,26-,28?/m0/s1. The number of hydrogen-bond donors (Lipinski definition) is 3. The Morgan fingerprint density at radius 2 is 1.90 bits per heavy atom. The van der Waals surface area contributed by atoms with E-state index in [1.807, 2.05) is 41.3 Å². The fourth-order valence-electron chi connectivity index (χ4n) is 5.97. The van der Waals surface area contributed by atoms with Crippen LogP contribution < -0.4 is 21.1 Å². The van der Waals surface area contributed by atoms with Gasteiger partial charge in [-0.1, -0.05) is 50.3 Å². The third-order valence-corrected chi connectivity index (χ3v) is 8.15. The van der Waals surface area contributed by atoms with Crippen molar-refractivity contribution in [1.29, 1.82) is 0 Å². The van der Waals surface area contributed by atoms with Gasteiger partial charge in [-0.2, -0.15) is 0 Å². The second-order valence-electron chi connectivity index (χ2n) is 10.6. The number of likely N-dealkylation sites (tertiary alicyclic amines) is 1. The van der Waals surface area contributed by atoms with Crippen LogP contribution in [0.15, 0.2) is 53.8 Å². The Labute approximate surface area is 231 Å². The lowest BCUT2D eigenvalue weighted by atomic mass is 9.79. The summed E-state index contributed by atoms with van der Waals surface area (Å²) in [6.07, 6.45) is 12.5. The molecule has 1 saturated carbocycles. The third-order valence-electron chi connectivity index (χ3n) is 8.15. The van der Waals surface area contributed by atoms with E-state index in [0.29, 0.717) is 30.6 Å². The van der Waals surface area contributed by atoms with Gasteiger partial charge in [0.1, 0.15) is 18.0 Å². The predicted molar refractivity (Wildman–Crippen MR) is 152 cm³/mol. The van der Waals surface area contributed by atoms with Crippen LogP contribution in [0.2, 0.25) is 0 Å². The fraction of sp³-hybridized carbons (Fsp3) is 0.533. The molecule has 2 aromatic rings. The molecule has 2 aliphatic rings. The molecule has 1 aromatic heterocycles. The third kappa shape index (κ3) is 7.56. The molecular formula is C30H42N6O3. The number of carbonyl (C=O) groups is 2. The van der Waals surface area contributed by atoms with Gasteiger partial charge in [0, 0.05) is 50.4 Å².